The van der Waals surface area contributed by atoms with Crippen LogP contribution in [0.2, 0.25) is 0 Å². The number of amides is 1. The normalized spacial score (nSPS) is 10.6. The van der Waals surface area contributed by atoms with Crippen molar-refractivity contribution in [2.75, 3.05) is 6.61 Å². The molecule has 0 fully saturated rings. The van der Waals surface area contributed by atoms with Crippen molar-refractivity contribution in [3.63, 3.8) is 0 Å². The van der Waals surface area contributed by atoms with Gasteiger partial charge in [0, 0.05) is 19.7 Å². The first-order valence-electron chi connectivity index (χ1n) is 8.56. The number of nitrogens with one attached hydrogen (secondary N) is 1. The summed E-state index contributed by atoms with van der Waals surface area (Å²) in [6, 6.07) is 14.5. The fraction of sp³-hybridized carbons (Fsp3) is 0.190. The highest BCUT2D eigenvalue weighted by Gasteiger charge is 2.19. The number of hydrogen-bond donors (Lipinski definition) is 1. The van der Waals surface area contributed by atoms with Crippen LogP contribution in [0.3, 0.4) is 0 Å². The summed E-state index contributed by atoms with van der Waals surface area (Å²) in [5.74, 6) is -1.19. The Morgan fingerprint density at radius 2 is 1.81 bits per heavy atom. The molecule has 1 amide bonds. The molecule has 0 saturated carbocycles. The smallest absolute Gasteiger partial charge is 0.340 e. The number of ether oxygens (including phenoxy) is 1. The van der Waals surface area contributed by atoms with Crippen molar-refractivity contribution >= 4 is 23.2 Å². The number of fused-ring (bicyclic) bond motifs is 1. The Morgan fingerprint density at radius 1 is 1.07 bits per heavy atom. The molecule has 3 rings (SSSR count). The Labute approximate surface area is 156 Å². The topological polar surface area (TPSA) is 76.9 Å². The number of pyridine rings is 1. The van der Waals surface area contributed by atoms with Gasteiger partial charge in [-0.2, -0.15) is 0 Å². The predicted molar refractivity (Wildman–Crippen MR) is 101 cm³/mol. The van der Waals surface area contributed by atoms with Crippen LogP contribution >= 0.6 is 0 Å². The largest absolute Gasteiger partial charge is 0.452 e. The highest BCUT2D eigenvalue weighted by atomic mass is 16.5. The van der Waals surface area contributed by atoms with Crippen LogP contribution in [-0.4, -0.2) is 28.7 Å². The van der Waals surface area contributed by atoms with Crippen LogP contribution < -0.4 is 5.32 Å². The molecule has 0 aliphatic rings. The first kappa shape index (κ1) is 18.4. The molecule has 0 atom stereocenters. The van der Waals surface area contributed by atoms with E-state index < -0.39 is 5.97 Å². The zero-order chi connectivity index (χ0) is 19.4. The van der Waals surface area contributed by atoms with Crippen LogP contribution in [0.4, 0.5) is 0 Å². The molecule has 0 aliphatic heterocycles. The third-order valence-electron chi connectivity index (χ3n) is 4.20. The van der Waals surface area contributed by atoms with Gasteiger partial charge in [0.1, 0.15) is 0 Å². The number of nitrogens with zero attached hydrogens (tertiary/aromatic N) is 1. The van der Waals surface area contributed by atoms with Crippen molar-refractivity contribution in [1.82, 2.24) is 9.72 Å². The number of benzene rings is 1. The Morgan fingerprint density at radius 3 is 2.52 bits per heavy atom. The van der Waals surface area contributed by atoms with Gasteiger partial charge >= 0.3 is 5.97 Å². The van der Waals surface area contributed by atoms with Crippen LogP contribution in [0.1, 0.15) is 38.9 Å². The van der Waals surface area contributed by atoms with Gasteiger partial charge in [0.05, 0.1) is 16.8 Å². The summed E-state index contributed by atoms with van der Waals surface area (Å²) < 4.78 is 6.76. The van der Waals surface area contributed by atoms with E-state index in [1.54, 1.807) is 28.8 Å². The van der Waals surface area contributed by atoms with Gasteiger partial charge < -0.3 is 14.5 Å². The zero-order valence-electron chi connectivity index (χ0n) is 15.2. The van der Waals surface area contributed by atoms with Crippen molar-refractivity contribution in [1.29, 1.82) is 0 Å². The molecule has 2 heterocycles. The number of Topliss-reactive ketones (excluding diaryl/α,β-unsaturated/α-hetero) is 1. The highest BCUT2D eigenvalue weighted by Crippen LogP contribution is 2.18. The molecule has 1 aromatic carbocycles. The molecule has 27 heavy (non-hydrogen) atoms. The molecule has 1 N–H and O–H groups in total. The summed E-state index contributed by atoms with van der Waals surface area (Å²) in [4.78, 5) is 36.1. The number of rotatable bonds is 6. The number of carbonyl (C=O) groups is 3. The van der Waals surface area contributed by atoms with E-state index in [-0.39, 0.29) is 23.9 Å². The Kier molecular flexibility index (Phi) is 5.35. The average molecular weight is 364 g/mol. The van der Waals surface area contributed by atoms with Gasteiger partial charge in [-0.1, -0.05) is 35.9 Å². The molecular weight excluding hydrogens is 344 g/mol. The van der Waals surface area contributed by atoms with Gasteiger partial charge in [-0.05, 0) is 30.7 Å². The molecule has 0 unspecified atom stereocenters. The van der Waals surface area contributed by atoms with Gasteiger partial charge in [-0.15, -0.1) is 0 Å². The maximum atomic E-state index is 12.4. The lowest BCUT2D eigenvalue weighted by Gasteiger charge is -2.07. The summed E-state index contributed by atoms with van der Waals surface area (Å²) in [5.41, 5.74) is 3.31. The van der Waals surface area contributed by atoms with Crippen molar-refractivity contribution in [2.24, 2.45) is 0 Å². The van der Waals surface area contributed by atoms with Gasteiger partial charge in [-0.25, -0.2) is 4.79 Å². The third-order valence-corrected chi connectivity index (χ3v) is 4.20. The molecule has 2 aromatic heterocycles. The lowest BCUT2D eigenvalue weighted by molar-refractivity contribution is -0.124. The first-order valence-corrected chi connectivity index (χ1v) is 8.56. The van der Waals surface area contributed by atoms with Crippen molar-refractivity contribution < 1.29 is 19.1 Å². The Balaban J connectivity index is 1.62. The highest BCUT2D eigenvalue weighted by molar-refractivity contribution is 6.03. The van der Waals surface area contributed by atoms with Crippen molar-refractivity contribution in [2.45, 2.75) is 20.4 Å². The summed E-state index contributed by atoms with van der Waals surface area (Å²) in [7, 11) is 0. The summed E-state index contributed by atoms with van der Waals surface area (Å²) >= 11 is 0. The fourth-order valence-electron chi connectivity index (χ4n) is 2.75. The monoisotopic (exact) mass is 364 g/mol. The Hall–Kier alpha value is -3.41. The van der Waals surface area contributed by atoms with Crippen LogP contribution in [0, 0.1) is 6.92 Å². The van der Waals surface area contributed by atoms with E-state index in [4.69, 9.17) is 4.74 Å². The lowest BCUT2D eigenvalue weighted by Crippen LogP contribution is -2.28. The molecule has 0 saturated heterocycles. The van der Waals surface area contributed by atoms with Crippen molar-refractivity contribution in [3.8, 4) is 0 Å². The summed E-state index contributed by atoms with van der Waals surface area (Å²) in [6.45, 7) is 3.40. The molecule has 6 nitrogen and oxygen atoms in total. The second kappa shape index (κ2) is 7.86. The molecule has 0 radical (unpaired) electrons. The second-order valence-corrected chi connectivity index (χ2v) is 6.29. The molecule has 0 aliphatic carbocycles. The number of aromatic nitrogens is 1. The van der Waals surface area contributed by atoms with E-state index in [0.717, 1.165) is 11.1 Å². The summed E-state index contributed by atoms with van der Waals surface area (Å²) in [6.07, 6.45) is 1.71. The fourth-order valence-corrected chi connectivity index (χ4v) is 2.75. The van der Waals surface area contributed by atoms with Crippen LogP contribution in [-0.2, 0) is 16.1 Å². The standard InChI is InChI=1S/C21H20N2O4/c1-14-6-8-16(9-7-14)12-22-20(25)13-27-21(26)17-11-19(15(2)24)23-10-4-3-5-18(17)23/h3-11H,12-13H2,1-2H3,(H,22,25). The molecule has 138 valence electrons. The van der Waals surface area contributed by atoms with E-state index in [2.05, 4.69) is 5.32 Å². The first-order chi connectivity index (χ1) is 13.0. The molecular formula is C21H20N2O4. The molecule has 0 spiro atoms. The number of ketones is 1. The molecule has 0 bridgehead atoms. The van der Waals surface area contributed by atoms with Gasteiger partial charge in [0.2, 0.25) is 0 Å². The number of hydrogen-bond acceptors (Lipinski definition) is 4. The second-order valence-electron chi connectivity index (χ2n) is 6.29. The van der Waals surface area contributed by atoms with E-state index in [1.807, 2.05) is 31.2 Å². The van der Waals surface area contributed by atoms with E-state index >= 15 is 0 Å². The maximum Gasteiger partial charge on any atom is 0.340 e. The quantitative estimate of drug-likeness (QED) is 0.539. The molecule has 6 heteroatoms. The van der Waals surface area contributed by atoms with Gasteiger partial charge in [-0.3, -0.25) is 9.59 Å². The minimum atomic E-state index is -0.642. The number of aryl methyl sites for hydroxylation is 1. The van der Waals surface area contributed by atoms with E-state index in [0.29, 0.717) is 17.8 Å². The number of carbonyl (C=O) groups excluding carboxylic acids is 3. The lowest BCUT2D eigenvalue weighted by atomic mass is 10.1. The number of esters is 1. The van der Waals surface area contributed by atoms with Gasteiger partial charge in [0.25, 0.3) is 5.91 Å². The summed E-state index contributed by atoms with van der Waals surface area (Å²) in [5, 5.41) is 2.71. The van der Waals surface area contributed by atoms with Gasteiger partial charge in [0.15, 0.2) is 12.4 Å². The van der Waals surface area contributed by atoms with Crippen LogP contribution in [0.25, 0.3) is 5.52 Å². The van der Waals surface area contributed by atoms with Crippen LogP contribution in [0.5, 0.6) is 0 Å². The molecule has 3 aromatic rings. The van der Waals surface area contributed by atoms with Crippen LogP contribution in [0.15, 0.2) is 54.7 Å². The zero-order valence-corrected chi connectivity index (χ0v) is 15.2. The van der Waals surface area contributed by atoms with E-state index in [1.165, 1.54) is 13.0 Å². The Bertz CT molecular complexity index is 1000. The third kappa shape index (κ3) is 4.23. The predicted octanol–water partition coefficient (Wildman–Crippen LogP) is 2.92. The SMILES string of the molecule is CC(=O)c1cc(C(=O)OCC(=O)NCc2ccc(C)cc2)c2ccccn12. The minimum absolute atomic E-state index is 0.161. The minimum Gasteiger partial charge on any atom is -0.452 e. The van der Waals surface area contributed by atoms with Crippen molar-refractivity contribution in [3.05, 3.63) is 77.1 Å². The van der Waals surface area contributed by atoms with E-state index in [9.17, 15) is 14.4 Å². The average Bonchev–Trinajstić information content (AvgIpc) is 3.06. The maximum absolute atomic E-state index is 12.4.